The van der Waals surface area contributed by atoms with Gasteiger partial charge in [0.15, 0.2) is 0 Å². The zero-order valence-corrected chi connectivity index (χ0v) is 11.0. The zero-order chi connectivity index (χ0) is 12.5. The highest BCUT2D eigenvalue weighted by Crippen LogP contribution is 2.25. The third-order valence-electron chi connectivity index (χ3n) is 3.14. The minimum absolute atomic E-state index is 0.0465. The van der Waals surface area contributed by atoms with Crippen molar-refractivity contribution in [3.05, 3.63) is 52.3 Å². The molecule has 0 saturated heterocycles. The Morgan fingerprint density at radius 1 is 1.28 bits per heavy atom. The molecule has 0 radical (unpaired) electrons. The number of nitrogens with zero attached hydrogens (tertiary/aromatic N) is 2. The first kappa shape index (κ1) is 11.4. The van der Waals surface area contributed by atoms with Crippen LogP contribution >= 0.6 is 11.3 Å². The van der Waals surface area contributed by atoms with Gasteiger partial charge in [-0.1, -0.05) is 24.3 Å². The van der Waals surface area contributed by atoms with Gasteiger partial charge >= 0.3 is 0 Å². The average Bonchev–Trinajstić information content (AvgIpc) is 2.98. The lowest BCUT2D eigenvalue weighted by Gasteiger charge is -2.07. The number of para-hydroxylation sites is 1. The Morgan fingerprint density at radius 3 is 2.89 bits per heavy atom. The number of nitrogens with two attached hydrogens (primary N) is 1. The van der Waals surface area contributed by atoms with Gasteiger partial charge in [-0.25, -0.2) is 0 Å². The zero-order valence-electron chi connectivity index (χ0n) is 10.2. The smallest absolute Gasteiger partial charge is 0.0874 e. The number of aromatic nitrogens is 2. The van der Waals surface area contributed by atoms with E-state index in [1.54, 1.807) is 11.3 Å². The van der Waals surface area contributed by atoms with E-state index in [2.05, 4.69) is 34.7 Å². The van der Waals surface area contributed by atoms with Crippen LogP contribution in [0.15, 0.2) is 41.8 Å². The van der Waals surface area contributed by atoms with Crippen molar-refractivity contribution < 1.29 is 0 Å². The molecule has 0 aliphatic rings. The Hall–Kier alpha value is -1.65. The Morgan fingerprint density at radius 2 is 2.11 bits per heavy atom. The monoisotopic (exact) mass is 257 g/mol. The molecule has 18 heavy (non-hydrogen) atoms. The largest absolute Gasteiger partial charge is 0.322 e. The summed E-state index contributed by atoms with van der Waals surface area (Å²) >= 11 is 1.74. The predicted octanol–water partition coefficient (Wildman–Crippen LogP) is 2.88. The van der Waals surface area contributed by atoms with E-state index >= 15 is 0 Å². The lowest BCUT2D eigenvalue weighted by atomic mass is 10.1. The summed E-state index contributed by atoms with van der Waals surface area (Å²) in [5, 5.41) is 7.80. The lowest BCUT2D eigenvalue weighted by Crippen LogP contribution is -2.14. The summed E-state index contributed by atoms with van der Waals surface area (Å²) in [5.41, 5.74) is 8.42. The molecule has 92 valence electrons. The highest BCUT2D eigenvalue weighted by atomic mass is 32.1. The molecule has 4 heteroatoms. The maximum absolute atomic E-state index is 6.30. The van der Waals surface area contributed by atoms with Crippen LogP contribution < -0.4 is 5.73 Å². The summed E-state index contributed by atoms with van der Waals surface area (Å²) in [7, 11) is 1.96. The molecular formula is C14H15N3S. The van der Waals surface area contributed by atoms with Crippen molar-refractivity contribution in [2.24, 2.45) is 12.8 Å². The SMILES string of the molecule is Cn1nc(C(N)Cc2cccs2)c2ccccc21. The minimum atomic E-state index is -0.0465. The van der Waals surface area contributed by atoms with E-state index in [1.165, 1.54) is 4.88 Å². The molecule has 1 unspecified atom stereocenters. The topological polar surface area (TPSA) is 43.8 Å². The molecule has 3 aromatic rings. The second-order valence-corrected chi connectivity index (χ2v) is 5.45. The molecule has 3 nitrogen and oxygen atoms in total. The van der Waals surface area contributed by atoms with Crippen LogP contribution in [0.5, 0.6) is 0 Å². The molecule has 2 aromatic heterocycles. The van der Waals surface area contributed by atoms with E-state index in [9.17, 15) is 0 Å². The molecule has 2 heterocycles. The van der Waals surface area contributed by atoms with Crippen LogP contribution in [-0.2, 0) is 13.5 Å². The summed E-state index contributed by atoms with van der Waals surface area (Å²) in [4.78, 5) is 1.30. The molecular weight excluding hydrogens is 242 g/mol. The Kier molecular flexibility index (Phi) is 2.89. The van der Waals surface area contributed by atoms with E-state index in [0.29, 0.717) is 0 Å². The fourth-order valence-electron chi connectivity index (χ4n) is 2.26. The molecule has 0 fully saturated rings. The molecule has 0 saturated carbocycles. The van der Waals surface area contributed by atoms with Gasteiger partial charge in [0, 0.05) is 23.7 Å². The lowest BCUT2D eigenvalue weighted by molar-refractivity contribution is 0.670. The van der Waals surface area contributed by atoms with Crippen LogP contribution in [0.3, 0.4) is 0 Å². The number of fused-ring (bicyclic) bond motifs is 1. The fraction of sp³-hybridized carbons (Fsp3) is 0.214. The number of hydrogen-bond donors (Lipinski definition) is 1. The number of thiophene rings is 1. The summed E-state index contributed by atoms with van der Waals surface area (Å²) in [5.74, 6) is 0. The second-order valence-electron chi connectivity index (χ2n) is 4.42. The summed E-state index contributed by atoms with van der Waals surface area (Å²) in [6.07, 6.45) is 0.846. The third kappa shape index (κ3) is 1.94. The van der Waals surface area contributed by atoms with Gasteiger partial charge in [-0.15, -0.1) is 11.3 Å². The highest BCUT2D eigenvalue weighted by molar-refractivity contribution is 7.09. The molecule has 0 amide bonds. The molecule has 2 N–H and O–H groups in total. The van der Waals surface area contributed by atoms with Crippen molar-refractivity contribution in [3.63, 3.8) is 0 Å². The normalized spacial score (nSPS) is 13.0. The number of rotatable bonds is 3. The van der Waals surface area contributed by atoms with Gasteiger partial charge in [0.2, 0.25) is 0 Å². The van der Waals surface area contributed by atoms with Gasteiger partial charge in [0.05, 0.1) is 17.3 Å². The number of benzene rings is 1. The number of aryl methyl sites for hydroxylation is 1. The number of hydrogen-bond acceptors (Lipinski definition) is 3. The molecule has 0 aliphatic heterocycles. The van der Waals surface area contributed by atoms with Crippen LogP contribution in [-0.4, -0.2) is 9.78 Å². The van der Waals surface area contributed by atoms with Crippen molar-refractivity contribution in [1.29, 1.82) is 0 Å². The molecule has 0 aliphatic carbocycles. The predicted molar refractivity (Wildman–Crippen MR) is 75.7 cm³/mol. The average molecular weight is 257 g/mol. The molecule has 1 aromatic carbocycles. The third-order valence-corrected chi connectivity index (χ3v) is 4.04. The highest BCUT2D eigenvalue weighted by Gasteiger charge is 2.15. The first-order chi connectivity index (χ1) is 8.75. The summed E-state index contributed by atoms with van der Waals surface area (Å²) in [6.45, 7) is 0. The Labute approximate surface area is 110 Å². The van der Waals surface area contributed by atoms with Gasteiger partial charge in [-0.05, 0) is 17.5 Å². The Balaban J connectivity index is 1.98. The molecule has 0 bridgehead atoms. The Bertz CT molecular complexity index is 655. The summed E-state index contributed by atoms with van der Waals surface area (Å²) in [6, 6.07) is 12.4. The van der Waals surface area contributed by atoms with Crippen molar-refractivity contribution in [2.45, 2.75) is 12.5 Å². The van der Waals surface area contributed by atoms with Gasteiger partial charge in [-0.2, -0.15) is 5.10 Å². The van der Waals surface area contributed by atoms with Gasteiger partial charge in [0.1, 0.15) is 0 Å². The molecule has 0 spiro atoms. The maximum Gasteiger partial charge on any atom is 0.0874 e. The van der Waals surface area contributed by atoms with Crippen molar-refractivity contribution >= 4 is 22.2 Å². The van der Waals surface area contributed by atoms with Crippen LogP contribution in [0.1, 0.15) is 16.6 Å². The first-order valence-electron chi connectivity index (χ1n) is 5.95. The van der Waals surface area contributed by atoms with E-state index in [0.717, 1.165) is 23.0 Å². The fourth-order valence-corrected chi connectivity index (χ4v) is 3.02. The van der Waals surface area contributed by atoms with E-state index in [4.69, 9.17) is 5.73 Å². The van der Waals surface area contributed by atoms with Crippen molar-refractivity contribution in [3.8, 4) is 0 Å². The van der Waals surface area contributed by atoms with Crippen molar-refractivity contribution in [1.82, 2.24) is 9.78 Å². The first-order valence-corrected chi connectivity index (χ1v) is 6.83. The van der Waals surface area contributed by atoms with Crippen LogP contribution in [0.25, 0.3) is 10.9 Å². The van der Waals surface area contributed by atoms with Gasteiger partial charge < -0.3 is 5.73 Å². The van der Waals surface area contributed by atoms with Crippen LogP contribution in [0.2, 0.25) is 0 Å². The minimum Gasteiger partial charge on any atom is -0.322 e. The standard InChI is InChI=1S/C14H15N3S/c1-17-13-7-3-2-6-11(13)14(16-17)12(15)9-10-5-4-8-18-10/h2-8,12H,9,15H2,1H3. The molecule has 3 rings (SSSR count). The molecule has 1 atom stereocenters. The van der Waals surface area contributed by atoms with E-state index < -0.39 is 0 Å². The summed E-state index contributed by atoms with van der Waals surface area (Å²) < 4.78 is 1.90. The van der Waals surface area contributed by atoms with Crippen LogP contribution in [0, 0.1) is 0 Å². The van der Waals surface area contributed by atoms with Gasteiger partial charge in [-0.3, -0.25) is 4.68 Å². The van der Waals surface area contributed by atoms with Crippen molar-refractivity contribution in [2.75, 3.05) is 0 Å². The quantitative estimate of drug-likeness (QED) is 0.784. The van der Waals surface area contributed by atoms with Gasteiger partial charge in [0.25, 0.3) is 0 Å². The van der Waals surface area contributed by atoms with E-state index in [-0.39, 0.29) is 6.04 Å². The second kappa shape index (κ2) is 4.55. The van der Waals surface area contributed by atoms with Crippen LogP contribution in [0.4, 0.5) is 0 Å². The maximum atomic E-state index is 6.30. The van der Waals surface area contributed by atoms with E-state index in [1.807, 2.05) is 23.9 Å².